The second kappa shape index (κ2) is 3.84. The SMILES string of the molecule is COC(=N)c1nc(C)cc(OC)n1. The fourth-order valence-electron chi connectivity index (χ4n) is 0.837. The Morgan fingerprint density at radius 2 is 2.08 bits per heavy atom. The molecule has 0 aromatic carbocycles. The van der Waals surface area contributed by atoms with Crippen molar-refractivity contribution in [1.82, 2.24) is 9.97 Å². The van der Waals surface area contributed by atoms with Gasteiger partial charge in [0.25, 0.3) is 5.90 Å². The zero-order valence-electron chi connectivity index (χ0n) is 7.79. The Hall–Kier alpha value is -1.65. The second-order valence-corrected chi connectivity index (χ2v) is 2.41. The number of aryl methyl sites for hydroxylation is 1. The molecular weight excluding hydrogens is 170 g/mol. The zero-order valence-corrected chi connectivity index (χ0v) is 7.79. The maximum Gasteiger partial charge on any atom is 0.252 e. The molecule has 70 valence electrons. The van der Waals surface area contributed by atoms with Crippen LogP contribution in [0.1, 0.15) is 11.5 Å². The number of nitrogens with one attached hydrogen (secondary N) is 1. The molecule has 1 aromatic rings. The summed E-state index contributed by atoms with van der Waals surface area (Å²) in [6.45, 7) is 1.80. The Kier molecular flexibility index (Phi) is 2.79. The molecule has 0 radical (unpaired) electrons. The fourth-order valence-corrected chi connectivity index (χ4v) is 0.837. The summed E-state index contributed by atoms with van der Waals surface area (Å²) in [7, 11) is 2.92. The number of aromatic nitrogens is 2. The molecular formula is C8H11N3O2. The third kappa shape index (κ3) is 2.14. The molecule has 13 heavy (non-hydrogen) atoms. The van der Waals surface area contributed by atoms with Crippen LogP contribution in [0, 0.1) is 12.3 Å². The van der Waals surface area contributed by atoms with Crippen molar-refractivity contribution in [1.29, 1.82) is 5.41 Å². The lowest BCUT2D eigenvalue weighted by Gasteiger charge is -2.04. The van der Waals surface area contributed by atoms with E-state index in [9.17, 15) is 0 Å². The van der Waals surface area contributed by atoms with Gasteiger partial charge in [-0.25, -0.2) is 4.98 Å². The van der Waals surface area contributed by atoms with Gasteiger partial charge in [0, 0.05) is 11.8 Å². The molecule has 0 saturated heterocycles. The maximum absolute atomic E-state index is 7.34. The molecule has 0 amide bonds. The van der Waals surface area contributed by atoms with Crippen molar-refractivity contribution >= 4 is 5.90 Å². The van der Waals surface area contributed by atoms with Crippen LogP contribution in [0.5, 0.6) is 5.88 Å². The van der Waals surface area contributed by atoms with E-state index in [1.807, 2.05) is 0 Å². The van der Waals surface area contributed by atoms with Crippen molar-refractivity contribution in [3.8, 4) is 5.88 Å². The van der Waals surface area contributed by atoms with Gasteiger partial charge in [-0.15, -0.1) is 0 Å². The van der Waals surface area contributed by atoms with Crippen molar-refractivity contribution < 1.29 is 9.47 Å². The Morgan fingerprint density at radius 3 is 2.62 bits per heavy atom. The summed E-state index contributed by atoms with van der Waals surface area (Å²) in [5.41, 5.74) is 0.739. The summed E-state index contributed by atoms with van der Waals surface area (Å²) in [5, 5.41) is 7.34. The fraction of sp³-hybridized carbons (Fsp3) is 0.375. The zero-order chi connectivity index (χ0) is 9.84. The minimum absolute atomic E-state index is 0.0676. The molecule has 0 aliphatic carbocycles. The molecule has 0 aliphatic rings. The van der Waals surface area contributed by atoms with Crippen molar-refractivity contribution in [2.45, 2.75) is 6.92 Å². The number of ether oxygens (including phenoxy) is 2. The first-order valence-corrected chi connectivity index (χ1v) is 3.70. The molecule has 5 heteroatoms. The van der Waals surface area contributed by atoms with E-state index in [2.05, 4.69) is 9.97 Å². The number of hydrogen-bond acceptors (Lipinski definition) is 5. The molecule has 5 nitrogen and oxygen atoms in total. The van der Waals surface area contributed by atoms with E-state index in [1.54, 1.807) is 13.0 Å². The highest BCUT2D eigenvalue weighted by molar-refractivity contribution is 5.87. The van der Waals surface area contributed by atoms with Gasteiger partial charge in [-0.05, 0) is 6.92 Å². The third-order valence-corrected chi connectivity index (χ3v) is 1.45. The highest BCUT2D eigenvalue weighted by Crippen LogP contribution is 2.08. The Morgan fingerprint density at radius 1 is 1.38 bits per heavy atom. The van der Waals surface area contributed by atoms with Gasteiger partial charge in [-0.1, -0.05) is 0 Å². The van der Waals surface area contributed by atoms with E-state index < -0.39 is 0 Å². The number of rotatable bonds is 2. The monoisotopic (exact) mass is 181 g/mol. The normalized spacial score (nSPS) is 9.46. The van der Waals surface area contributed by atoms with Crippen LogP contribution in [0.2, 0.25) is 0 Å². The van der Waals surface area contributed by atoms with Crippen LogP contribution < -0.4 is 4.74 Å². The second-order valence-electron chi connectivity index (χ2n) is 2.41. The average molecular weight is 181 g/mol. The Balaban J connectivity index is 3.08. The summed E-state index contributed by atoms with van der Waals surface area (Å²) in [6.07, 6.45) is 0. The average Bonchev–Trinajstić information content (AvgIpc) is 2.15. The molecule has 0 bridgehead atoms. The van der Waals surface area contributed by atoms with E-state index in [4.69, 9.17) is 14.9 Å². The molecule has 0 spiro atoms. The third-order valence-electron chi connectivity index (χ3n) is 1.45. The smallest absolute Gasteiger partial charge is 0.252 e. The number of hydrogen-bond donors (Lipinski definition) is 1. The van der Waals surface area contributed by atoms with Gasteiger partial charge in [0.15, 0.2) is 0 Å². The predicted octanol–water partition coefficient (Wildman–Crippen LogP) is 0.765. The molecule has 0 fully saturated rings. The topological polar surface area (TPSA) is 68.1 Å². The highest BCUT2D eigenvalue weighted by atomic mass is 16.5. The summed E-state index contributed by atoms with van der Waals surface area (Å²) in [6, 6.07) is 1.69. The molecule has 1 heterocycles. The van der Waals surface area contributed by atoms with Crippen LogP contribution in [0.25, 0.3) is 0 Å². The number of nitrogens with zero attached hydrogens (tertiary/aromatic N) is 2. The van der Waals surface area contributed by atoms with Gasteiger partial charge in [0.2, 0.25) is 11.7 Å². The van der Waals surface area contributed by atoms with Crippen molar-refractivity contribution in [2.75, 3.05) is 14.2 Å². The van der Waals surface area contributed by atoms with E-state index >= 15 is 0 Å². The van der Waals surface area contributed by atoms with E-state index in [0.29, 0.717) is 5.88 Å². The molecule has 0 aliphatic heterocycles. The van der Waals surface area contributed by atoms with E-state index in [-0.39, 0.29) is 11.7 Å². The predicted molar refractivity (Wildman–Crippen MR) is 47.2 cm³/mol. The van der Waals surface area contributed by atoms with Gasteiger partial charge in [-0.3, -0.25) is 5.41 Å². The maximum atomic E-state index is 7.34. The largest absolute Gasteiger partial charge is 0.481 e. The first kappa shape index (κ1) is 9.44. The lowest BCUT2D eigenvalue weighted by molar-refractivity contribution is 0.384. The summed E-state index contributed by atoms with van der Waals surface area (Å²) >= 11 is 0. The van der Waals surface area contributed by atoms with Crippen LogP contribution in [-0.2, 0) is 4.74 Å². The standard InChI is InChI=1S/C8H11N3O2/c1-5-4-6(12-2)11-8(10-5)7(9)13-3/h4,9H,1-3H3. The van der Waals surface area contributed by atoms with Crippen LogP contribution in [0.4, 0.5) is 0 Å². The molecule has 0 atom stereocenters. The summed E-state index contributed by atoms with van der Waals surface area (Å²) < 4.78 is 9.62. The molecule has 1 aromatic heterocycles. The van der Waals surface area contributed by atoms with Gasteiger partial charge in [0.1, 0.15) is 0 Å². The molecule has 0 unspecified atom stereocenters. The molecule has 1 N–H and O–H groups in total. The van der Waals surface area contributed by atoms with Gasteiger partial charge in [0.05, 0.1) is 14.2 Å². The molecule has 1 rings (SSSR count). The quantitative estimate of drug-likeness (QED) is 0.540. The van der Waals surface area contributed by atoms with Crippen molar-refractivity contribution in [3.05, 3.63) is 17.6 Å². The van der Waals surface area contributed by atoms with Crippen molar-refractivity contribution in [3.63, 3.8) is 0 Å². The minimum atomic E-state index is -0.0676. The van der Waals surface area contributed by atoms with Crippen LogP contribution in [0.15, 0.2) is 6.07 Å². The number of methoxy groups -OCH3 is 2. The van der Waals surface area contributed by atoms with Crippen LogP contribution in [0.3, 0.4) is 0 Å². The first-order valence-electron chi connectivity index (χ1n) is 3.70. The Bertz CT molecular complexity index is 325. The minimum Gasteiger partial charge on any atom is -0.481 e. The lowest BCUT2D eigenvalue weighted by atomic mass is 10.4. The van der Waals surface area contributed by atoms with E-state index in [1.165, 1.54) is 14.2 Å². The van der Waals surface area contributed by atoms with Gasteiger partial charge >= 0.3 is 0 Å². The highest BCUT2D eigenvalue weighted by Gasteiger charge is 2.07. The summed E-state index contributed by atoms with van der Waals surface area (Å²) in [4.78, 5) is 7.95. The summed E-state index contributed by atoms with van der Waals surface area (Å²) in [5.74, 6) is 0.602. The first-order chi connectivity index (χ1) is 6.17. The van der Waals surface area contributed by atoms with Crippen molar-refractivity contribution in [2.24, 2.45) is 0 Å². The van der Waals surface area contributed by atoms with Gasteiger partial charge < -0.3 is 9.47 Å². The van der Waals surface area contributed by atoms with Crippen LogP contribution >= 0.6 is 0 Å². The van der Waals surface area contributed by atoms with E-state index in [0.717, 1.165) is 5.69 Å². The van der Waals surface area contributed by atoms with Crippen LogP contribution in [-0.4, -0.2) is 30.1 Å². The Labute approximate surface area is 76.2 Å². The van der Waals surface area contributed by atoms with Gasteiger partial charge in [-0.2, -0.15) is 4.98 Å². The lowest BCUT2D eigenvalue weighted by Crippen LogP contribution is -2.09. The molecule has 0 saturated carbocycles.